The average molecular weight is 294 g/mol. The molecule has 0 aromatic heterocycles. The molecule has 3 nitrogen and oxygen atoms in total. The van der Waals surface area contributed by atoms with Gasteiger partial charge in [0.25, 0.3) is 5.91 Å². The second-order valence-electron chi connectivity index (χ2n) is 6.35. The van der Waals surface area contributed by atoms with E-state index in [-0.39, 0.29) is 17.2 Å². The van der Waals surface area contributed by atoms with Crippen molar-refractivity contribution in [3.8, 4) is 0 Å². The molecular weight excluding hydrogens is 274 g/mol. The Morgan fingerprint density at radius 2 is 1.67 bits per heavy atom. The van der Waals surface area contributed by atoms with Gasteiger partial charge in [0.05, 0.1) is 11.3 Å². The van der Waals surface area contributed by atoms with Crippen molar-refractivity contribution in [1.29, 1.82) is 0 Å². The summed E-state index contributed by atoms with van der Waals surface area (Å²) in [7, 11) is 0. The van der Waals surface area contributed by atoms with E-state index in [1.807, 2.05) is 0 Å². The molecule has 3 rings (SSSR count). The zero-order valence-corrected chi connectivity index (χ0v) is 12.0. The maximum Gasteiger partial charge on any atom is 0.256 e. The van der Waals surface area contributed by atoms with Gasteiger partial charge in [-0.2, -0.15) is 0 Å². The number of nitrogens with two attached hydrogens (primary N) is 1. The summed E-state index contributed by atoms with van der Waals surface area (Å²) >= 11 is 0. The SMILES string of the molecule is Nc1cc(C(=O)N2CCC3(CCCC3)CC2)c(F)cc1F. The third-order valence-electron chi connectivity index (χ3n) is 5.09. The summed E-state index contributed by atoms with van der Waals surface area (Å²) in [6.07, 6.45) is 7.00. The molecule has 2 fully saturated rings. The van der Waals surface area contributed by atoms with Gasteiger partial charge >= 0.3 is 0 Å². The van der Waals surface area contributed by atoms with Crippen LogP contribution in [0.4, 0.5) is 14.5 Å². The summed E-state index contributed by atoms with van der Waals surface area (Å²) in [5.41, 5.74) is 5.52. The lowest BCUT2D eigenvalue weighted by Crippen LogP contribution is -2.42. The first-order chi connectivity index (χ1) is 10.0. The topological polar surface area (TPSA) is 46.3 Å². The Bertz CT molecular complexity index is 558. The van der Waals surface area contributed by atoms with Gasteiger partial charge < -0.3 is 10.6 Å². The molecule has 114 valence electrons. The van der Waals surface area contributed by atoms with Crippen molar-refractivity contribution in [2.45, 2.75) is 38.5 Å². The molecule has 5 heteroatoms. The molecule has 1 aliphatic carbocycles. The lowest BCUT2D eigenvalue weighted by molar-refractivity contribution is 0.0583. The fraction of sp³-hybridized carbons (Fsp3) is 0.562. The predicted molar refractivity (Wildman–Crippen MR) is 76.8 cm³/mol. The molecule has 0 atom stereocenters. The third-order valence-corrected chi connectivity index (χ3v) is 5.09. The average Bonchev–Trinajstić information content (AvgIpc) is 2.91. The number of nitrogen functional groups attached to an aromatic ring is 1. The van der Waals surface area contributed by atoms with Gasteiger partial charge in [0.15, 0.2) is 0 Å². The first-order valence-electron chi connectivity index (χ1n) is 7.55. The van der Waals surface area contributed by atoms with E-state index < -0.39 is 11.6 Å². The van der Waals surface area contributed by atoms with Crippen molar-refractivity contribution in [3.63, 3.8) is 0 Å². The summed E-state index contributed by atoms with van der Waals surface area (Å²) in [4.78, 5) is 14.1. The summed E-state index contributed by atoms with van der Waals surface area (Å²) in [5, 5.41) is 0. The van der Waals surface area contributed by atoms with Gasteiger partial charge in [0.1, 0.15) is 11.6 Å². The summed E-state index contributed by atoms with van der Waals surface area (Å²) < 4.78 is 27.0. The second kappa shape index (κ2) is 5.28. The minimum absolute atomic E-state index is 0.128. The van der Waals surface area contributed by atoms with Gasteiger partial charge in [-0.25, -0.2) is 8.78 Å². The van der Waals surface area contributed by atoms with Crippen LogP contribution in [0.2, 0.25) is 0 Å². The molecular formula is C16H20F2N2O. The molecule has 1 aromatic rings. The van der Waals surface area contributed by atoms with Crippen molar-refractivity contribution in [3.05, 3.63) is 29.3 Å². The molecule has 0 bridgehead atoms. The highest BCUT2D eigenvalue weighted by atomic mass is 19.1. The van der Waals surface area contributed by atoms with Crippen molar-refractivity contribution < 1.29 is 13.6 Å². The molecule has 1 amide bonds. The summed E-state index contributed by atoms with van der Waals surface area (Å²) in [6.45, 7) is 1.30. The number of benzene rings is 1. The van der Waals surface area contributed by atoms with E-state index in [0.717, 1.165) is 18.9 Å². The molecule has 1 spiro atoms. The Morgan fingerprint density at radius 1 is 1.05 bits per heavy atom. The van der Waals surface area contributed by atoms with Crippen LogP contribution in [-0.4, -0.2) is 23.9 Å². The monoisotopic (exact) mass is 294 g/mol. The number of carbonyl (C=O) groups is 1. The quantitative estimate of drug-likeness (QED) is 0.807. The van der Waals surface area contributed by atoms with Crippen LogP contribution in [0.15, 0.2) is 12.1 Å². The van der Waals surface area contributed by atoms with E-state index in [2.05, 4.69) is 0 Å². The van der Waals surface area contributed by atoms with Crippen LogP contribution in [0.1, 0.15) is 48.9 Å². The first-order valence-corrected chi connectivity index (χ1v) is 7.55. The van der Waals surface area contributed by atoms with Gasteiger partial charge in [-0.05, 0) is 37.2 Å². The molecule has 2 aliphatic rings. The number of likely N-dealkylation sites (tertiary alicyclic amines) is 1. The Kier molecular flexibility index (Phi) is 3.59. The van der Waals surface area contributed by atoms with E-state index in [0.29, 0.717) is 24.6 Å². The molecule has 1 aliphatic heterocycles. The Morgan fingerprint density at radius 3 is 2.29 bits per heavy atom. The molecule has 21 heavy (non-hydrogen) atoms. The minimum Gasteiger partial charge on any atom is -0.396 e. The number of amides is 1. The highest BCUT2D eigenvalue weighted by molar-refractivity contribution is 5.95. The van der Waals surface area contributed by atoms with Gasteiger partial charge in [0, 0.05) is 19.2 Å². The number of halogens is 2. The van der Waals surface area contributed by atoms with Crippen LogP contribution < -0.4 is 5.73 Å². The summed E-state index contributed by atoms with van der Waals surface area (Å²) in [5.74, 6) is -2.05. The normalized spacial score (nSPS) is 21.0. The van der Waals surface area contributed by atoms with Crippen LogP contribution in [0, 0.1) is 17.0 Å². The fourth-order valence-corrected chi connectivity index (χ4v) is 3.71. The molecule has 2 N–H and O–H groups in total. The van der Waals surface area contributed by atoms with E-state index in [1.54, 1.807) is 4.90 Å². The molecule has 1 saturated heterocycles. The number of nitrogens with zero attached hydrogens (tertiary/aromatic N) is 1. The van der Waals surface area contributed by atoms with E-state index in [9.17, 15) is 13.6 Å². The second-order valence-corrected chi connectivity index (χ2v) is 6.35. The van der Waals surface area contributed by atoms with E-state index in [1.165, 1.54) is 25.7 Å². The van der Waals surface area contributed by atoms with E-state index >= 15 is 0 Å². The van der Waals surface area contributed by atoms with Gasteiger partial charge in [-0.3, -0.25) is 4.79 Å². The van der Waals surface area contributed by atoms with Gasteiger partial charge in [0.2, 0.25) is 0 Å². The van der Waals surface area contributed by atoms with Crippen LogP contribution >= 0.6 is 0 Å². The standard InChI is InChI=1S/C16H20F2N2O/c17-12-10-13(18)14(19)9-11(12)15(21)20-7-5-16(6-8-20)3-1-2-4-16/h9-10H,1-8,19H2. The fourth-order valence-electron chi connectivity index (χ4n) is 3.71. The van der Waals surface area contributed by atoms with Crippen LogP contribution in [0.25, 0.3) is 0 Å². The summed E-state index contributed by atoms with van der Waals surface area (Å²) in [6, 6.07) is 1.79. The highest BCUT2D eigenvalue weighted by Crippen LogP contribution is 2.46. The lowest BCUT2D eigenvalue weighted by Gasteiger charge is -2.39. The maximum atomic E-state index is 13.8. The van der Waals surface area contributed by atoms with Crippen LogP contribution in [0.3, 0.4) is 0 Å². The van der Waals surface area contributed by atoms with E-state index in [4.69, 9.17) is 5.73 Å². The van der Waals surface area contributed by atoms with Gasteiger partial charge in [-0.1, -0.05) is 12.8 Å². The number of hydrogen-bond donors (Lipinski definition) is 1. The lowest BCUT2D eigenvalue weighted by atomic mass is 9.77. The first kappa shape index (κ1) is 14.3. The number of rotatable bonds is 1. The zero-order valence-electron chi connectivity index (χ0n) is 12.0. The number of carbonyl (C=O) groups excluding carboxylic acids is 1. The molecule has 1 heterocycles. The van der Waals surface area contributed by atoms with Gasteiger partial charge in [-0.15, -0.1) is 0 Å². The Labute approximate surface area is 123 Å². The van der Waals surface area contributed by atoms with Crippen molar-refractivity contribution >= 4 is 11.6 Å². The molecule has 1 aromatic carbocycles. The Hall–Kier alpha value is -1.65. The molecule has 1 saturated carbocycles. The number of anilines is 1. The Balaban J connectivity index is 1.73. The molecule has 0 radical (unpaired) electrons. The minimum atomic E-state index is -0.840. The smallest absolute Gasteiger partial charge is 0.256 e. The van der Waals surface area contributed by atoms with Crippen molar-refractivity contribution in [1.82, 2.24) is 4.90 Å². The predicted octanol–water partition coefficient (Wildman–Crippen LogP) is 3.34. The molecule has 0 unspecified atom stereocenters. The largest absolute Gasteiger partial charge is 0.396 e. The van der Waals surface area contributed by atoms with Crippen molar-refractivity contribution in [2.24, 2.45) is 5.41 Å². The third kappa shape index (κ3) is 2.61. The van der Waals surface area contributed by atoms with Crippen LogP contribution in [0.5, 0.6) is 0 Å². The highest BCUT2D eigenvalue weighted by Gasteiger charge is 2.38. The maximum absolute atomic E-state index is 13.8. The van der Waals surface area contributed by atoms with Crippen LogP contribution in [-0.2, 0) is 0 Å². The van der Waals surface area contributed by atoms with Crippen molar-refractivity contribution in [2.75, 3.05) is 18.8 Å². The number of hydrogen-bond acceptors (Lipinski definition) is 2. The zero-order chi connectivity index (χ0) is 15.0. The number of piperidine rings is 1.